The van der Waals surface area contributed by atoms with E-state index in [0.29, 0.717) is 13.0 Å². The van der Waals surface area contributed by atoms with Gasteiger partial charge in [0, 0.05) is 44.5 Å². The summed E-state index contributed by atoms with van der Waals surface area (Å²) in [6.07, 6.45) is 0.605. The Morgan fingerprint density at radius 1 is 1.15 bits per heavy atom. The van der Waals surface area contributed by atoms with E-state index >= 15 is 0 Å². The first-order valence-corrected chi connectivity index (χ1v) is 13.1. The summed E-state index contributed by atoms with van der Waals surface area (Å²) in [6, 6.07) is 8.11. The normalized spacial score (nSPS) is 19.9. The van der Waals surface area contributed by atoms with Gasteiger partial charge in [-0.1, -0.05) is 18.2 Å². The first kappa shape index (κ1) is 28.8. The number of ether oxygens (including phenoxy) is 1. The number of nitrogens with two attached hydrogens (primary N) is 1. The zero-order chi connectivity index (χ0) is 29.0. The molecular formula is C28H34F2N6O4. The minimum atomic E-state index is -1.31. The molecule has 2 aliphatic heterocycles. The number of nitrogens with zero attached hydrogens (tertiary/aromatic N) is 3. The molecule has 1 unspecified atom stereocenters. The lowest BCUT2D eigenvalue weighted by Gasteiger charge is -2.41. The second kappa shape index (κ2) is 12.3. The number of halogens is 2. The molecule has 4 amide bonds. The molecule has 1 fully saturated rings. The second-order valence-corrected chi connectivity index (χ2v) is 9.88. The van der Waals surface area contributed by atoms with Crippen LogP contribution in [0, 0.1) is 11.6 Å². The van der Waals surface area contributed by atoms with Crippen LogP contribution < -0.4 is 21.3 Å². The van der Waals surface area contributed by atoms with Crippen LogP contribution in [0.3, 0.4) is 0 Å². The van der Waals surface area contributed by atoms with E-state index in [4.69, 9.17) is 10.5 Å². The molecule has 2 aromatic rings. The number of hydrogen-bond donors (Lipinski definition) is 3. The van der Waals surface area contributed by atoms with Crippen LogP contribution in [0.1, 0.15) is 31.9 Å². The maximum absolute atomic E-state index is 14.1. The molecule has 0 radical (unpaired) electrons. The van der Waals surface area contributed by atoms with E-state index in [9.17, 15) is 23.2 Å². The Morgan fingerprint density at radius 2 is 1.90 bits per heavy atom. The molecule has 2 aromatic carbocycles. The van der Waals surface area contributed by atoms with Crippen molar-refractivity contribution in [1.29, 1.82) is 0 Å². The first-order chi connectivity index (χ1) is 19.1. The van der Waals surface area contributed by atoms with Crippen molar-refractivity contribution in [3.8, 4) is 0 Å². The van der Waals surface area contributed by atoms with Crippen LogP contribution in [0.2, 0.25) is 0 Å². The van der Waals surface area contributed by atoms with E-state index < -0.39 is 35.7 Å². The molecular weight excluding hydrogens is 522 g/mol. The van der Waals surface area contributed by atoms with Gasteiger partial charge >= 0.3 is 18.0 Å². The molecule has 0 aromatic heterocycles. The van der Waals surface area contributed by atoms with Crippen molar-refractivity contribution in [3.05, 3.63) is 70.9 Å². The number of esters is 1. The van der Waals surface area contributed by atoms with Crippen LogP contribution in [0.25, 0.3) is 0 Å². The Morgan fingerprint density at radius 3 is 2.58 bits per heavy atom. The number of imide groups is 1. The third-order valence-electron chi connectivity index (χ3n) is 7.27. The lowest BCUT2D eigenvalue weighted by Crippen LogP contribution is -2.55. The molecule has 0 bridgehead atoms. The van der Waals surface area contributed by atoms with Crippen molar-refractivity contribution in [1.82, 2.24) is 20.4 Å². The predicted molar refractivity (Wildman–Crippen MR) is 146 cm³/mol. The molecule has 1 saturated heterocycles. The van der Waals surface area contributed by atoms with Crippen molar-refractivity contribution < 1.29 is 27.9 Å². The average molecular weight is 557 g/mol. The van der Waals surface area contributed by atoms with Crippen molar-refractivity contribution in [2.24, 2.45) is 0 Å². The van der Waals surface area contributed by atoms with Crippen molar-refractivity contribution >= 4 is 29.4 Å². The fourth-order valence-corrected chi connectivity index (χ4v) is 5.21. The van der Waals surface area contributed by atoms with E-state index in [0.717, 1.165) is 55.2 Å². The van der Waals surface area contributed by atoms with Gasteiger partial charge in [0.1, 0.15) is 6.04 Å². The number of urea groups is 2. The lowest BCUT2D eigenvalue weighted by molar-refractivity contribution is -0.136. The van der Waals surface area contributed by atoms with Crippen LogP contribution in [0.4, 0.5) is 29.7 Å². The lowest BCUT2D eigenvalue weighted by atomic mass is 9.94. The third-order valence-corrected chi connectivity index (χ3v) is 7.27. The summed E-state index contributed by atoms with van der Waals surface area (Å²) in [5.74, 6) is -3.08. The summed E-state index contributed by atoms with van der Waals surface area (Å²) in [5.41, 5.74) is 8.05. The van der Waals surface area contributed by atoms with Gasteiger partial charge < -0.3 is 26.0 Å². The minimum absolute atomic E-state index is 0.0504. The first-order valence-electron chi connectivity index (χ1n) is 13.1. The van der Waals surface area contributed by atoms with Gasteiger partial charge in [0.05, 0.1) is 24.1 Å². The van der Waals surface area contributed by atoms with Gasteiger partial charge in [0.2, 0.25) is 0 Å². The Hall–Kier alpha value is -4.19. The maximum atomic E-state index is 14.1. The second-order valence-electron chi connectivity index (χ2n) is 9.88. The molecule has 40 heavy (non-hydrogen) atoms. The molecule has 10 nitrogen and oxygen atoms in total. The number of hydrogen-bond acceptors (Lipinski definition) is 7. The largest absolute Gasteiger partial charge is 0.466 e. The molecule has 2 atom stereocenters. The number of carbonyl (C=O) groups excluding carboxylic acids is 3. The van der Waals surface area contributed by atoms with Crippen molar-refractivity contribution in [3.63, 3.8) is 0 Å². The molecule has 2 heterocycles. The SMILES string of the molecule is COC(=O)C1=C(C)NC(=O)N(C(=O)NCCCN2CCN(c3ccccc3N)C[C@@H]2C)C1c1ccc(F)c(F)c1. The fourth-order valence-electron chi connectivity index (χ4n) is 5.21. The van der Waals surface area contributed by atoms with Gasteiger partial charge in [-0.05, 0) is 50.1 Å². The Kier molecular flexibility index (Phi) is 8.88. The predicted octanol–water partition coefficient (Wildman–Crippen LogP) is 3.37. The van der Waals surface area contributed by atoms with E-state index in [-0.39, 0.29) is 29.4 Å². The van der Waals surface area contributed by atoms with Crippen LogP contribution in [0.5, 0.6) is 0 Å². The summed E-state index contributed by atoms with van der Waals surface area (Å²) >= 11 is 0. The van der Waals surface area contributed by atoms with Gasteiger partial charge in [-0.15, -0.1) is 0 Å². The summed E-state index contributed by atoms with van der Waals surface area (Å²) in [5, 5.41) is 5.21. The van der Waals surface area contributed by atoms with E-state index in [1.54, 1.807) is 0 Å². The summed E-state index contributed by atoms with van der Waals surface area (Å²) in [6.45, 7) is 7.02. The number of rotatable bonds is 7. The Bertz CT molecular complexity index is 1320. The smallest absolute Gasteiger partial charge is 0.337 e. The molecule has 4 rings (SSSR count). The molecule has 12 heteroatoms. The molecule has 214 valence electrons. The van der Waals surface area contributed by atoms with Crippen LogP contribution in [0.15, 0.2) is 53.7 Å². The van der Waals surface area contributed by atoms with Crippen molar-refractivity contribution in [2.75, 3.05) is 50.5 Å². The van der Waals surface area contributed by atoms with Gasteiger partial charge in [-0.3, -0.25) is 4.90 Å². The number of allylic oxidation sites excluding steroid dienone is 1. The number of methoxy groups -OCH3 is 1. The average Bonchev–Trinajstić information content (AvgIpc) is 2.92. The number of para-hydroxylation sites is 2. The monoisotopic (exact) mass is 556 g/mol. The number of anilines is 2. The van der Waals surface area contributed by atoms with Crippen LogP contribution in [-0.2, 0) is 9.53 Å². The number of nitrogens with one attached hydrogen (secondary N) is 2. The number of amides is 4. The molecule has 0 saturated carbocycles. The molecule has 0 aliphatic carbocycles. The number of nitrogen functional groups attached to an aromatic ring is 1. The zero-order valence-corrected chi connectivity index (χ0v) is 22.7. The summed E-state index contributed by atoms with van der Waals surface area (Å²) in [7, 11) is 1.15. The summed E-state index contributed by atoms with van der Waals surface area (Å²) in [4.78, 5) is 44.1. The standard InChI is InChI=1S/C28H34F2N6O4/c1-17-16-35(23-8-5-4-7-22(23)31)14-13-34(17)12-6-11-32-27(38)36-25(19-9-10-20(29)21(30)15-19)24(26(37)40-3)18(2)33-28(36)39/h4-5,7-10,15,17,25H,6,11-14,16,31H2,1-3H3,(H,32,38)(H,33,39)/t17-,25?/m0/s1. The third kappa shape index (κ3) is 6.01. The maximum Gasteiger partial charge on any atom is 0.337 e. The van der Waals surface area contributed by atoms with E-state index in [1.165, 1.54) is 13.0 Å². The topological polar surface area (TPSA) is 120 Å². The zero-order valence-electron chi connectivity index (χ0n) is 22.7. The summed E-state index contributed by atoms with van der Waals surface area (Å²) < 4.78 is 32.6. The molecule has 4 N–H and O–H groups in total. The molecule has 0 spiro atoms. The van der Waals surface area contributed by atoms with Crippen molar-refractivity contribution in [2.45, 2.75) is 32.4 Å². The number of carbonyl (C=O) groups is 3. The number of benzene rings is 2. The Balaban J connectivity index is 1.40. The highest BCUT2D eigenvalue weighted by atomic mass is 19.2. The van der Waals surface area contributed by atoms with E-state index in [1.807, 2.05) is 24.3 Å². The Labute approximate surface area is 231 Å². The fraction of sp³-hybridized carbons (Fsp3) is 0.393. The highest BCUT2D eigenvalue weighted by Crippen LogP contribution is 2.35. The quantitative estimate of drug-likeness (QED) is 0.272. The highest BCUT2D eigenvalue weighted by Gasteiger charge is 2.42. The van der Waals surface area contributed by atoms with E-state index in [2.05, 4.69) is 27.4 Å². The minimum Gasteiger partial charge on any atom is -0.466 e. The highest BCUT2D eigenvalue weighted by molar-refractivity contribution is 6.01. The van der Waals surface area contributed by atoms with Gasteiger partial charge in [-0.25, -0.2) is 28.1 Å². The van der Waals surface area contributed by atoms with Crippen LogP contribution in [-0.4, -0.2) is 73.7 Å². The van der Waals surface area contributed by atoms with Gasteiger partial charge in [0.15, 0.2) is 11.6 Å². The molecule has 2 aliphatic rings. The van der Waals surface area contributed by atoms with Gasteiger partial charge in [0.25, 0.3) is 0 Å². The van der Waals surface area contributed by atoms with Crippen LogP contribution >= 0.6 is 0 Å². The van der Waals surface area contributed by atoms with Gasteiger partial charge in [-0.2, -0.15) is 0 Å². The number of piperazine rings is 1.